The summed E-state index contributed by atoms with van der Waals surface area (Å²) in [6, 6.07) is 0.940. The van der Waals surface area contributed by atoms with E-state index in [9.17, 15) is 0 Å². The molecule has 1 aliphatic heterocycles. The van der Waals surface area contributed by atoms with Gasteiger partial charge >= 0.3 is 0 Å². The molecule has 2 heteroatoms. The van der Waals surface area contributed by atoms with E-state index in [2.05, 4.69) is 4.90 Å². The van der Waals surface area contributed by atoms with E-state index in [1.165, 1.54) is 45.2 Å². The Morgan fingerprint density at radius 2 is 1.64 bits per heavy atom. The minimum atomic E-state index is 0.898. The summed E-state index contributed by atoms with van der Waals surface area (Å²) in [5, 5.41) is 0. The summed E-state index contributed by atoms with van der Waals surface area (Å²) in [6.45, 7) is 3.68. The average molecular weight is 194 g/mol. The lowest BCUT2D eigenvalue weighted by Crippen LogP contribution is -2.37. The fourth-order valence-electron chi connectivity index (χ4n) is 3.78. The van der Waals surface area contributed by atoms with E-state index >= 15 is 0 Å². The van der Waals surface area contributed by atoms with Gasteiger partial charge in [0.25, 0.3) is 0 Å². The molecule has 80 valence electrons. The minimum Gasteiger partial charge on any atom is -0.330 e. The summed E-state index contributed by atoms with van der Waals surface area (Å²) >= 11 is 0. The van der Waals surface area contributed by atoms with Crippen LogP contribution in [0.25, 0.3) is 0 Å². The fraction of sp³-hybridized carbons (Fsp3) is 1.00. The van der Waals surface area contributed by atoms with Crippen molar-refractivity contribution in [2.24, 2.45) is 23.5 Å². The van der Waals surface area contributed by atoms with Crippen LogP contribution in [-0.4, -0.2) is 30.6 Å². The molecule has 0 bridgehead atoms. The third kappa shape index (κ3) is 1.40. The smallest absolute Gasteiger partial charge is 0.00954 e. The second-order valence-electron chi connectivity index (χ2n) is 5.47. The second kappa shape index (κ2) is 3.49. The van der Waals surface area contributed by atoms with Crippen LogP contribution in [0.3, 0.4) is 0 Å². The first-order chi connectivity index (χ1) is 6.90. The largest absolute Gasteiger partial charge is 0.330 e. The third-order valence-corrected chi connectivity index (χ3v) is 4.76. The lowest BCUT2D eigenvalue weighted by molar-refractivity contribution is 0.166. The molecule has 0 spiro atoms. The van der Waals surface area contributed by atoms with Gasteiger partial charge in [-0.3, -0.25) is 4.90 Å². The predicted octanol–water partition coefficient (Wildman–Crippen LogP) is 1.46. The van der Waals surface area contributed by atoms with E-state index in [0.717, 1.165) is 30.3 Å². The van der Waals surface area contributed by atoms with Crippen LogP contribution in [0.15, 0.2) is 0 Å². The highest BCUT2D eigenvalue weighted by Gasteiger charge is 2.55. The molecule has 0 aromatic rings. The molecule has 14 heavy (non-hydrogen) atoms. The first kappa shape index (κ1) is 9.17. The minimum absolute atomic E-state index is 0.898. The van der Waals surface area contributed by atoms with Crippen LogP contribution in [0.4, 0.5) is 0 Å². The lowest BCUT2D eigenvalue weighted by atomic mass is 9.94. The van der Waals surface area contributed by atoms with Gasteiger partial charge in [0, 0.05) is 19.1 Å². The molecule has 2 saturated carbocycles. The highest BCUT2D eigenvalue weighted by Crippen LogP contribution is 2.52. The van der Waals surface area contributed by atoms with Crippen LogP contribution < -0.4 is 5.73 Å². The van der Waals surface area contributed by atoms with Gasteiger partial charge in [-0.25, -0.2) is 0 Å². The molecular formula is C12H22N2. The number of likely N-dealkylation sites (tertiary alicyclic amines) is 1. The highest BCUT2D eigenvalue weighted by molar-refractivity contribution is 5.06. The summed E-state index contributed by atoms with van der Waals surface area (Å²) in [5.74, 6) is 2.87. The highest BCUT2D eigenvalue weighted by atomic mass is 15.2. The standard InChI is InChI=1S/C12H22N2/c13-6-10-11-7-14(8-12(10)11)9-4-2-1-3-5-9/h9-12H,1-8,13H2/t10?,11-,12+. The Labute approximate surface area is 86.8 Å². The van der Waals surface area contributed by atoms with Crippen LogP contribution in [-0.2, 0) is 0 Å². The van der Waals surface area contributed by atoms with Gasteiger partial charge in [0.2, 0.25) is 0 Å². The van der Waals surface area contributed by atoms with Crippen molar-refractivity contribution in [3.63, 3.8) is 0 Å². The summed E-state index contributed by atoms with van der Waals surface area (Å²) in [5.41, 5.74) is 5.73. The molecule has 2 nitrogen and oxygen atoms in total. The molecule has 0 radical (unpaired) electrons. The summed E-state index contributed by atoms with van der Waals surface area (Å²) in [7, 11) is 0. The van der Waals surface area contributed by atoms with Crippen LogP contribution in [0.2, 0.25) is 0 Å². The molecule has 3 fully saturated rings. The molecular weight excluding hydrogens is 172 g/mol. The fourth-order valence-corrected chi connectivity index (χ4v) is 3.78. The molecule has 3 atom stereocenters. The van der Waals surface area contributed by atoms with E-state index in [1.54, 1.807) is 0 Å². The molecule has 0 aromatic carbocycles. The van der Waals surface area contributed by atoms with E-state index in [0.29, 0.717) is 0 Å². The molecule has 0 aromatic heterocycles. The number of piperidine rings is 1. The van der Waals surface area contributed by atoms with Gasteiger partial charge in [0.1, 0.15) is 0 Å². The van der Waals surface area contributed by atoms with E-state index in [4.69, 9.17) is 5.73 Å². The quantitative estimate of drug-likeness (QED) is 0.721. The topological polar surface area (TPSA) is 29.3 Å². The van der Waals surface area contributed by atoms with Crippen molar-refractivity contribution in [3.8, 4) is 0 Å². The van der Waals surface area contributed by atoms with Crippen molar-refractivity contribution in [3.05, 3.63) is 0 Å². The Bertz CT molecular complexity index is 198. The van der Waals surface area contributed by atoms with Gasteiger partial charge < -0.3 is 5.73 Å². The molecule has 2 N–H and O–H groups in total. The molecule has 1 unspecified atom stereocenters. The van der Waals surface area contributed by atoms with Crippen molar-refractivity contribution < 1.29 is 0 Å². The van der Waals surface area contributed by atoms with Crippen molar-refractivity contribution in [1.29, 1.82) is 0 Å². The maximum absolute atomic E-state index is 5.73. The van der Waals surface area contributed by atoms with E-state index < -0.39 is 0 Å². The van der Waals surface area contributed by atoms with Gasteiger partial charge in [0.05, 0.1) is 0 Å². The Kier molecular flexibility index (Phi) is 2.29. The Morgan fingerprint density at radius 3 is 2.21 bits per heavy atom. The van der Waals surface area contributed by atoms with E-state index in [1.807, 2.05) is 0 Å². The van der Waals surface area contributed by atoms with Gasteiger partial charge in [-0.15, -0.1) is 0 Å². The number of nitrogens with two attached hydrogens (primary N) is 1. The Balaban J connectivity index is 1.53. The molecule has 1 saturated heterocycles. The first-order valence-corrected chi connectivity index (χ1v) is 6.34. The van der Waals surface area contributed by atoms with Gasteiger partial charge in [-0.1, -0.05) is 19.3 Å². The number of hydrogen-bond donors (Lipinski definition) is 1. The maximum Gasteiger partial charge on any atom is 0.00954 e. The maximum atomic E-state index is 5.73. The molecule has 3 rings (SSSR count). The van der Waals surface area contributed by atoms with Crippen LogP contribution in [0, 0.1) is 17.8 Å². The number of hydrogen-bond acceptors (Lipinski definition) is 2. The number of fused-ring (bicyclic) bond motifs is 1. The summed E-state index contributed by atoms with van der Waals surface area (Å²) in [6.07, 6.45) is 7.34. The van der Waals surface area contributed by atoms with Crippen molar-refractivity contribution >= 4 is 0 Å². The first-order valence-electron chi connectivity index (χ1n) is 6.34. The SMILES string of the molecule is NCC1[C@H]2CN(C3CCCCC3)C[C@@H]12. The van der Waals surface area contributed by atoms with Crippen LogP contribution in [0.1, 0.15) is 32.1 Å². The van der Waals surface area contributed by atoms with Crippen LogP contribution >= 0.6 is 0 Å². The third-order valence-electron chi connectivity index (χ3n) is 4.76. The zero-order valence-electron chi connectivity index (χ0n) is 8.99. The molecule has 2 aliphatic carbocycles. The van der Waals surface area contributed by atoms with Crippen LogP contribution in [0.5, 0.6) is 0 Å². The normalized spacial score (nSPS) is 43.9. The summed E-state index contributed by atoms with van der Waals surface area (Å²) < 4.78 is 0. The molecule has 1 heterocycles. The second-order valence-corrected chi connectivity index (χ2v) is 5.47. The summed E-state index contributed by atoms with van der Waals surface area (Å²) in [4.78, 5) is 2.76. The van der Waals surface area contributed by atoms with Crippen molar-refractivity contribution in [2.75, 3.05) is 19.6 Å². The van der Waals surface area contributed by atoms with Crippen molar-refractivity contribution in [1.82, 2.24) is 4.90 Å². The van der Waals surface area contributed by atoms with Gasteiger partial charge in [-0.2, -0.15) is 0 Å². The zero-order valence-corrected chi connectivity index (χ0v) is 8.99. The molecule has 0 amide bonds. The van der Waals surface area contributed by atoms with Gasteiger partial charge in [0.15, 0.2) is 0 Å². The van der Waals surface area contributed by atoms with Gasteiger partial charge in [-0.05, 0) is 37.1 Å². The van der Waals surface area contributed by atoms with E-state index in [-0.39, 0.29) is 0 Å². The number of rotatable bonds is 2. The Hall–Kier alpha value is -0.0800. The zero-order chi connectivity index (χ0) is 9.54. The molecule has 3 aliphatic rings. The van der Waals surface area contributed by atoms with Crippen molar-refractivity contribution in [2.45, 2.75) is 38.1 Å². The predicted molar refractivity (Wildman–Crippen MR) is 58.0 cm³/mol. The number of nitrogens with zero attached hydrogens (tertiary/aromatic N) is 1. The lowest BCUT2D eigenvalue weighted by Gasteiger charge is -2.32. The monoisotopic (exact) mass is 194 g/mol. The average Bonchev–Trinajstić information content (AvgIpc) is 2.72. The Morgan fingerprint density at radius 1 is 1.00 bits per heavy atom.